The van der Waals surface area contributed by atoms with Crippen LogP contribution in [0, 0.1) is 11.6 Å². The van der Waals surface area contributed by atoms with E-state index in [4.69, 9.17) is 4.74 Å². The van der Waals surface area contributed by atoms with Crippen molar-refractivity contribution in [2.24, 2.45) is 0 Å². The molecule has 0 saturated carbocycles. The Hall–Kier alpha value is -4.79. The first kappa shape index (κ1) is 30.7. The fraction of sp³-hybridized carbons (Fsp3) is 0.233. The third-order valence-electron chi connectivity index (χ3n) is 6.79. The zero-order valence-corrected chi connectivity index (χ0v) is 25.1. The SMILES string of the molecule is CONC(=O)Cc1ccc(-c2sc3c(c2CN(C)C)c(=O)n(-c2ccc(OC)nn2)c(=O)n3Cc2c(F)cccc2F)cc1. The monoisotopic (exact) mass is 622 g/mol. The molecule has 3 heterocycles. The number of rotatable bonds is 10. The van der Waals surface area contributed by atoms with E-state index in [1.807, 2.05) is 31.1 Å². The molecule has 0 fully saturated rings. The summed E-state index contributed by atoms with van der Waals surface area (Å²) >= 11 is 1.17. The maximum absolute atomic E-state index is 14.9. The first-order valence-electron chi connectivity index (χ1n) is 13.3. The first-order chi connectivity index (χ1) is 21.1. The number of ether oxygens (including phenoxy) is 1. The molecule has 0 unspecified atom stereocenters. The van der Waals surface area contributed by atoms with E-state index in [0.717, 1.165) is 27.8 Å². The van der Waals surface area contributed by atoms with Crippen molar-refractivity contribution >= 4 is 27.5 Å². The molecule has 0 atom stereocenters. The minimum Gasteiger partial charge on any atom is -0.480 e. The van der Waals surface area contributed by atoms with E-state index in [9.17, 15) is 23.2 Å². The lowest BCUT2D eigenvalue weighted by molar-refractivity contribution is -0.130. The molecule has 0 aliphatic heterocycles. The zero-order chi connectivity index (χ0) is 31.5. The van der Waals surface area contributed by atoms with Gasteiger partial charge in [0.05, 0.1) is 32.6 Å². The Morgan fingerprint density at radius 2 is 1.68 bits per heavy atom. The first-order valence-corrected chi connectivity index (χ1v) is 14.1. The molecular weight excluding hydrogens is 594 g/mol. The molecule has 0 aliphatic carbocycles. The molecular formula is C30H28F2N6O5S. The Morgan fingerprint density at radius 1 is 0.977 bits per heavy atom. The Kier molecular flexibility index (Phi) is 8.94. The van der Waals surface area contributed by atoms with E-state index in [1.165, 1.54) is 48.3 Å². The van der Waals surface area contributed by atoms with Gasteiger partial charge in [0.25, 0.3) is 5.56 Å². The Labute approximate surface area is 253 Å². The average Bonchev–Trinajstić information content (AvgIpc) is 3.36. The predicted molar refractivity (Wildman–Crippen MR) is 161 cm³/mol. The molecule has 2 aromatic carbocycles. The highest BCUT2D eigenvalue weighted by Crippen LogP contribution is 2.38. The molecule has 0 spiro atoms. The third kappa shape index (κ3) is 6.00. The summed E-state index contributed by atoms with van der Waals surface area (Å²) in [4.78, 5) is 47.6. The van der Waals surface area contributed by atoms with Crippen LogP contribution in [0.25, 0.3) is 26.5 Å². The highest BCUT2D eigenvalue weighted by Gasteiger charge is 2.26. The minimum absolute atomic E-state index is 0.0762. The number of hydrogen-bond donors (Lipinski definition) is 1. The van der Waals surface area contributed by atoms with Crippen LogP contribution in [0.5, 0.6) is 5.88 Å². The molecule has 0 saturated heterocycles. The summed E-state index contributed by atoms with van der Waals surface area (Å²) in [6.45, 7) is -0.171. The molecule has 0 aliphatic rings. The molecule has 228 valence electrons. The molecule has 14 heteroatoms. The van der Waals surface area contributed by atoms with E-state index >= 15 is 0 Å². The van der Waals surface area contributed by atoms with Crippen LogP contribution in [0.4, 0.5) is 8.78 Å². The second kappa shape index (κ2) is 12.8. The van der Waals surface area contributed by atoms with Gasteiger partial charge in [-0.15, -0.1) is 21.5 Å². The topological polar surface area (TPSA) is 121 Å². The third-order valence-corrected chi connectivity index (χ3v) is 8.09. The van der Waals surface area contributed by atoms with Crippen LogP contribution in [-0.2, 0) is 29.1 Å². The molecule has 5 aromatic rings. The van der Waals surface area contributed by atoms with Crippen molar-refractivity contribution in [3.8, 4) is 22.1 Å². The van der Waals surface area contributed by atoms with Crippen LogP contribution >= 0.6 is 11.3 Å². The minimum atomic E-state index is -0.840. The van der Waals surface area contributed by atoms with Gasteiger partial charge in [0, 0.05) is 23.1 Å². The lowest BCUT2D eigenvalue weighted by Gasteiger charge is -2.14. The quantitative estimate of drug-likeness (QED) is 0.236. The molecule has 0 bridgehead atoms. The molecule has 11 nitrogen and oxygen atoms in total. The number of nitrogens with one attached hydrogen (secondary N) is 1. The van der Waals surface area contributed by atoms with Crippen molar-refractivity contribution in [3.63, 3.8) is 0 Å². The lowest BCUT2D eigenvalue weighted by atomic mass is 10.0. The summed E-state index contributed by atoms with van der Waals surface area (Å²) in [6.07, 6.45) is 0.0897. The van der Waals surface area contributed by atoms with Gasteiger partial charge in [0.15, 0.2) is 5.82 Å². The fourth-order valence-electron chi connectivity index (χ4n) is 4.80. The summed E-state index contributed by atoms with van der Waals surface area (Å²) in [6, 6.07) is 13.5. The van der Waals surface area contributed by atoms with E-state index in [2.05, 4.69) is 20.5 Å². The van der Waals surface area contributed by atoms with Gasteiger partial charge in [-0.05, 0) is 49.0 Å². The second-order valence-corrected chi connectivity index (χ2v) is 11.1. The number of benzene rings is 2. The lowest BCUT2D eigenvalue weighted by Crippen LogP contribution is -2.39. The summed E-state index contributed by atoms with van der Waals surface area (Å²) in [5.74, 6) is -1.88. The number of hydrogen-bond acceptors (Lipinski definition) is 9. The van der Waals surface area contributed by atoms with Crippen LogP contribution < -0.4 is 21.5 Å². The number of amides is 1. The number of nitrogens with zero attached hydrogens (tertiary/aromatic N) is 5. The van der Waals surface area contributed by atoms with Gasteiger partial charge in [-0.1, -0.05) is 30.3 Å². The number of carbonyl (C=O) groups is 1. The van der Waals surface area contributed by atoms with E-state index in [1.54, 1.807) is 12.1 Å². The van der Waals surface area contributed by atoms with Crippen LogP contribution in [0.2, 0.25) is 0 Å². The summed E-state index contributed by atoms with van der Waals surface area (Å²) < 4.78 is 36.8. The largest absolute Gasteiger partial charge is 0.480 e. The normalized spacial score (nSPS) is 11.3. The smallest absolute Gasteiger partial charge is 0.338 e. The Balaban J connectivity index is 1.79. The van der Waals surface area contributed by atoms with Crippen LogP contribution in [0.15, 0.2) is 64.2 Å². The molecule has 5 rings (SSSR count). The highest BCUT2D eigenvalue weighted by molar-refractivity contribution is 7.22. The van der Waals surface area contributed by atoms with Gasteiger partial charge in [0.2, 0.25) is 11.8 Å². The van der Waals surface area contributed by atoms with Crippen molar-refractivity contribution < 1.29 is 23.1 Å². The number of aromatic nitrogens is 4. The van der Waals surface area contributed by atoms with E-state index in [0.29, 0.717) is 17.0 Å². The summed E-state index contributed by atoms with van der Waals surface area (Å²) in [7, 11) is 6.43. The highest BCUT2D eigenvalue weighted by atomic mass is 32.1. The fourth-order valence-corrected chi connectivity index (χ4v) is 6.10. The number of hydroxylamine groups is 1. The average molecular weight is 623 g/mol. The maximum atomic E-state index is 14.9. The van der Waals surface area contributed by atoms with Crippen LogP contribution in [0.1, 0.15) is 16.7 Å². The van der Waals surface area contributed by atoms with Crippen molar-refractivity contribution in [1.82, 2.24) is 29.7 Å². The summed E-state index contributed by atoms with van der Waals surface area (Å²) in [5.41, 5.74) is 2.53. The van der Waals surface area contributed by atoms with E-state index < -0.39 is 29.4 Å². The zero-order valence-electron chi connectivity index (χ0n) is 24.3. The molecule has 1 N–H and O–H groups in total. The molecule has 1 amide bonds. The summed E-state index contributed by atoms with van der Waals surface area (Å²) in [5, 5.41) is 8.12. The number of carbonyl (C=O) groups excluding carboxylic acids is 1. The van der Waals surface area contributed by atoms with Crippen LogP contribution in [0.3, 0.4) is 0 Å². The van der Waals surface area contributed by atoms with Crippen molar-refractivity contribution in [1.29, 1.82) is 0 Å². The number of methoxy groups -OCH3 is 1. The molecule has 44 heavy (non-hydrogen) atoms. The van der Waals surface area contributed by atoms with Gasteiger partial charge < -0.3 is 9.64 Å². The molecule has 0 radical (unpaired) electrons. The van der Waals surface area contributed by atoms with Gasteiger partial charge in [-0.25, -0.2) is 23.6 Å². The van der Waals surface area contributed by atoms with Gasteiger partial charge in [0.1, 0.15) is 16.5 Å². The van der Waals surface area contributed by atoms with Gasteiger partial charge >= 0.3 is 5.69 Å². The van der Waals surface area contributed by atoms with E-state index in [-0.39, 0.29) is 39.8 Å². The maximum Gasteiger partial charge on any atom is 0.338 e. The number of thiophene rings is 1. The van der Waals surface area contributed by atoms with Gasteiger partial charge in [-0.2, -0.15) is 0 Å². The Morgan fingerprint density at radius 3 is 2.27 bits per heavy atom. The van der Waals surface area contributed by atoms with Crippen molar-refractivity contribution in [2.75, 3.05) is 28.3 Å². The van der Waals surface area contributed by atoms with Gasteiger partial charge in [-0.3, -0.25) is 19.0 Å². The Bertz CT molecular complexity index is 1930. The second-order valence-electron chi connectivity index (χ2n) is 10.1. The van der Waals surface area contributed by atoms with Crippen molar-refractivity contribution in [2.45, 2.75) is 19.5 Å². The number of fused-ring (bicyclic) bond motifs is 1. The standard InChI is InChI=1S/C30H28F2N6O5S/c1-36(2)15-20-26-28(40)38(23-12-13-25(42-3)34-33-23)30(41)37(16-19-21(31)6-5-7-22(19)32)29(26)44-27(20)18-10-8-17(9-11-18)14-24(39)35-43-4/h5-13H,14-16H2,1-4H3,(H,35,39). The van der Waals surface area contributed by atoms with Crippen LogP contribution in [-0.4, -0.2) is 58.5 Å². The predicted octanol–water partition coefficient (Wildman–Crippen LogP) is 3.29. The molecule has 3 aromatic heterocycles. The number of halogens is 2. The van der Waals surface area contributed by atoms with Crippen molar-refractivity contribution in [3.05, 3.63) is 104 Å².